The normalized spacial score (nSPS) is 14.1. The smallest absolute Gasteiger partial charge is 0.228 e. The molecule has 1 aliphatic carbocycles. The minimum atomic E-state index is -0.296. The summed E-state index contributed by atoms with van der Waals surface area (Å²) < 4.78 is 18.9. The molecule has 25 heavy (non-hydrogen) atoms. The van der Waals surface area contributed by atoms with Crippen LogP contribution < -0.4 is 5.32 Å². The van der Waals surface area contributed by atoms with Crippen molar-refractivity contribution in [3.05, 3.63) is 65.2 Å². The molecule has 1 N–H and O–H groups in total. The first-order valence-electron chi connectivity index (χ1n) is 8.77. The van der Waals surface area contributed by atoms with Crippen molar-refractivity contribution in [2.45, 2.75) is 38.5 Å². The van der Waals surface area contributed by atoms with Gasteiger partial charge < -0.3 is 9.73 Å². The first-order chi connectivity index (χ1) is 12.2. The van der Waals surface area contributed by atoms with E-state index in [0.29, 0.717) is 0 Å². The fraction of sp³-hybridized carbons (Fsp3) is 0.286. The van der Waals surface area contributed by atoms with Crippen molar-refractivity contribution in [2.75, 3.05) is 5.32 Å². The average molecular weight is 337 g/mol. The first kappa shape index (κ1) is 15.9. The van der Waals surface area contributed by atoms with Gasteiger partial charge in [-0.05, 0) is 55.2 Å². The zero-order valence-corrected chi connectivity index (χ0v) is 14.0. The molecule has 0 aliphatic heterocycles. The van der Waals surface area contributed by atoms with Crippen molar-refractivity contribution in [3.8, 4) is 0 Å². The number of halogens is 1. The zero-order chi connectivity index (χ0) is 17.2. The summed E-state index contributed by atoms with van der Waals surface area (Å²) >= 11 is 0. The van der Waals surface area contributed by atoms with Gasteiger partial charge in [0, 0.05) is 23.1 Å². The molecule has 1 amide bonds. The van der Waals surface area contributed by atoms with Gasteiger partial charge in [-0.1, -0.05) is 18.6 Å². The number of nitrogens with one attached hydrogen (secondary N) is 1. The zero-order valence-electron chi connectivity index (χ0n) is 14.0. The van der Waals surface area contributed by atoms with Crippen LogP contribution >= 0.6 is 0 Å². The summed E-state index contributed by atoms with van der Waals surface area (Å²) in [5.41, 5.74) is 3.75. The van der Waals surface area contributed by atoms with Gasteiger partial charge in [0.15, 0.2) is 0 Å². The van der Waals surface area contributed by atoms with Gasteiger partial charge in [-0.2, -0.15) is 0 Å². The minimum Gasteiger partial charge on any atom is -0.461 e. The third-order valence-corrected chi connectivity index (χ3v) is 4.77. The lowest BCUT2D eigenvalue weighted by Gasteiger charge is -2.06. The predicted octanol–water partition coefficient (Wildman–Crippen LogP) is 5.02. The number of anilines is 1. The molecule has 4 rings (SSSR count). The maximum absolute atomic E-state index is 12.9. The highest BCUT2D eigenvalue weighted by atomic mass is 19.1. The SMILES string of the molecule is O=C(Cc1ccc(F)cc1)Nc1ccc2oc3c(c2c1)CCCCC3. The van der Waals surface area contributed by atoms with Crippen LogP contribution in [0, 0.1) is 5.82 Å². The molecule has 1 heterocycles. The predicted molar refractivity (Wildman–Crippen MR) is 96.2 cm³/mol. The highest BCUT2D eigenvalue weighted by molar-refractivity contribution is 5.95. The van der Waals surface area contributed by atoms with E-state index in [1.54, 1.807) is 12.1 Å². The monoisotopic (exact) mass is 337 g/mol. The van der Waals surface area contributed by atoms with Gasteiger partial charge in [-0.25, -0.2) is 4.39 Å². The van der Waals surface area contributed by atoms with E-state index in [0.717, 1.165) is 40.8 Å². The number of carbonyl (C=O) groups is 1. The van der Waals surface area contributed by atoms with Crippen LogP contribution in [0.1, 0.15) is 36.1 Å². The summed E-state index contributed by atoms with van der Waals surface area (Å²) in [4.78, 5) is 12.3. The van der Waals surface area contributed by atoms with Crippen molar-refractivity contribution in [1.29, 1.82) is 0 Å². The van der Waals surface area contributed by atoms with Gasteiger partial charge in [0.05, 0.1) is 6.42 Å². The van der Waals surface area contributed by atoms with Crippen molar-refractivity contribution in [1.82, 2.24) is 0 Å². The molecule has 0 bridgehead atoms. The molecule has 4 heteroatoms. The Balaban J connectivity index is 1.54. The topological polar surface area (TPSA) is 42.2 Å². The Labute approximate surface area is 145 Å². The van der Waals surface area contributed by atoms with E-state index in [4.69, 9.17) is 4.42 Å². The highest BCUT2D eigenvalue weighted by Crippen LogP contribution is 2.32. The standard InChI is InChI=1S/C21H20FNO2/c22-15-8-6-14(7-9-15)12-21(24)23-16-10-11-20-18(13-16)17-4-2-1-3-5-19(17)25-20/h6-11,13H,1-5,12H2,(H,23,24). The van der Waals surface area contributed by atoms with Gasteiger partial charge >= 0.3 is 0 Å². The molecule has 1 aliphatic rings. The van der Waals surface area contributed by atoms with Crippen molar-refractivity contribution in [3.63, 3.8) is 0 Å². The lowest BCUT2D eigenvalue weighted by Crippen LogP contribution is -2.14. The quantitative estimate of drug-likeness (QED) is 0.682. The van der Waals surface area contributed by atoms with E-state index >= 15 is 0 Å². The Morgan fingerprint density at radius 2 is 1.84 bits per heavy atom. The van der Waals surface area contributed by atoms with Crippen LogP contribution in [0.4, 0.5) is 10.1 Å². The summed E-state index contributed by atoms with van der Waals surface area (Å²) in [5, 5.41) is 4.04. The Morgan fingerprint density at radius 1 is 1.04 bits per heavy atom. The second-order valence-electron chi connectivity index (χ2n) is 6.63. The largest absolute Gasteiger partial charge is 0.461 e. The van der Waals surface area contributed by atoms with Crippen LogP contribution in [0.3, 0.4) is 0 Å². The molecule has 0 saturated heterocycles. The molecule has 0 spiro atoms. The molecule has 0 atom stereocenters. The fourth-order valence-corrected chi connectivity index (χ4v) is 3.51. The Morgan fingerprint density at radius 3 is 2.68 bits per heavy atom. The fourth-order valence-electron chi connectivity index (χ4n) is 3.51. The van der Waals surface area contributed by atoms with Gasteiger partial charge in [0.25, 0.3) is 0 Å². The number of carbonyl (C=O) groups excluding carboxylic acids is 1. The van der Waals surface area contributed by atoms with E-state index in [1.807, 2.05) is 18.2 Å². The number of amides is 1. The van der Waals surface area contributed by atoms with E-state index < -0.39 is 0 Å². The Bertz CT molecular complexity index is 912. The van der Waals surface area contributed by atoms with Crippen molar-refractivity contribution in [2.24, 2.45) is 0 Å². The molecule has 128 valence electrons. The molecule has 0 unspecified atom stereocenters. The molecule has 0 fully saturated rings. The molecule has 2 aromatic carbocycles. The molecule has 0 radical (unpaired) electrons. The van der Waals surface area contributed by atoms with E-state index in [2.05, 4.69) is 5.32 Å². The van der Waals surface area contributed by atoms with Gasteiger partial charge in [0.1, 0.15) is 17.2 Å². The number of furan rings is 1. The van der Waals surface area contributed by atoms with Crippen LogP contribution in [-0.2, 0) is 24.1 Å². The van der Waals surface area contributed by atoms with Crippen LogP contribution in [0.5, 0.6) is 0 Å². The minimum absolute atomic E-state index is 0.111. The second-order valence-corrected chi connectivity index (χ2v) is 6.63. The molecule has 3 aromatic rings. The van der Waals surface area contributed by atoms with E-state index in [-0.39, 0.29) is 18.1 Å². The molecular weight excluding hydrogens is 317 g/mol. The maximum atomic E-state index is 12.9. The third kappa shape index (κ3) is 3.43. The summed E-state index contributed by atoms with van der Waals surface area (Å²) in [6.07, 6.45) is 5.85. The van der Waals surface area contributed by atoms with Crippen molar-refractivity contribution < 1.29 is 13.6 Å². The van der Waals surface area contributed by atoms with Gasteiger partial charge in [-0.15, -0.1) is 0 Å². The maximum Gasteiger partial charge on any atom is 0.228 e. The van der Waals surface area contributed by atoms with Crippen molar-refractivity contribution >= 4 is 22.6 Å². The summed E-state index contributed by atoms with van der Waals surface area (Å²) in [6.45, 7) is 0. The van der Waals surface area contributed by atoms with Gasteiger partial charge in [-0.3, -0.25) is 4.79 Å². The third-order valence-electron chi connectivity index (χ3n) is 4.77. The number of fused-ring (bicyclic) bond motifs is 3. The molecular formula is C21H20FNO2. The van der Waals surface area contributed by atoms with Crippen LogP contribution in [0.15, 0.2) is 46.9 Å². The second kappa shape index (κ2) is 6.71. The molecule has 0 saturated carbocycles. The lowest BCUT2D eigenvalue weighted by molar-refractivity contribution is -0.115. The number of hydrogen-bond acceptors (Lipinski definition) is 2. The number of rotatable bonds is 3. The number of benzene rings is 2. The van der Waals surface area contributed by atoms with Crippen LogP contribution in [-0.4, -0.2) is 5.91 Å². The molecule has 3 nitrogen and oxygen atoms in total. The number of hydrogen-bond donors (Lipinski definition) is 1. The lowest BCUT2D eigenvalue weighted by atomic mass is 10.1. The van der Waals surface area contributed by atoms with Crippen LogP contribution in [0.25, 0.3) is 11.0 Å². The number of aryl methyl sites for hydroxylation is 2. The van der Waals surface area contributed by atoms with Gasteiger partial charge in [0.2, 0.25) is 5.91 Å². The first-order valence-corrected chi connectivity index (χ1v) is 8.77. The average Bonchev–Trinajstić information content (AvgIpc) is 2.77. The Hall–Kier alpha value is -2.62. The molecule has 1 aromatic heterocycles. The Kier molecular flexibility index (Phi) is 4.26. The summed E-state index contributed by atoms with van der Waals surface area (Å²) in [5.74, 6) is 0.693. The van der Waals surface area contributed by atoms with E-state index in [9.17, 15) is 9.18 Å². The van der Waals surface area contributed by atoms with Crippen LogP contribution in [0.2, 0.25) is 0 Å². The summed E-state index contributed by atoms with van der Waals surface area (Å²) in [6, 6.07) is 11.8. The van der Waals surface area contributed by atoms with E-state index in [1.165, 1.54) is 37.0 Å². The highest BCUT2D eigenvalue weighted by Gasteiger charge is 2.17. The summed E-state index contributed by atoms with van der Waals surface area (Å²) in [7, 11) is 0.